The molecule has 0 aliphatic heterocycles. The Balaban J connectivity index is 2.66. The minimum absolute atomic E-state index is 0.00375. The van der Waals surface area contributed by atoms with Crippen LogP contribution in [0.1, 0.15) is 17.6 Å². The van der Waals surface area contributed by atoms with Gasteiger partial charge in [0.05, 0.1) is 17.2 Å². The molecule has 2 aromatic rings. The van der Waals surface area contributed by atoms with Gasteiger partial charge in [0.25, 0.3) is 6.43 Å². The zero-order valence-electron chi connectivity index (χ0n) is 9.36. The lowest BCUT2D eigenvalue weighted by molar-refractivity contribution is 0.152. The SMILES string of the molecule is Cn1cc(C(F)F)c(-c2ccc(F)cc2C#N)n1. The van der Waals surface area contributed by atoms with Crippen molar-refractivity contribution in [3.63, 3.8) is 0 Å². The number of aryl methyl sites for hydroxylation is 1. The van der Waals surface area contributed by atoms with Gasteiger partial charge >= 0.3 is 0 Å². The largest absolute Gasteiger partial charge is 0.275 e. The van der Waals surface area contributed by atoms with E-state index in [1.807, 2.05) is 0 Å². The van der Waals surface area contributed by atoms with Crippen molar-refractivity contribution in [2.45, 2.75) is 6.43 Å². The molecule has 0 amide bonds. The zero-order valence-corrected chi connectivity index (χ0v) is 9.36. The number of aromatic nitrogens is 2. The Bertz CT molecular complexity index is 626. The molecule has 0 fully saturated rings. The molecule has 2 rings (SSSR count). The second kappa shape index (κ2) is 4.53. The van der Waals surface area contributed by atoms with E-state index in [0.717, 1.165) is 12.1 Å². The summed E-state index contributed by atoms with van der Waals surface area (Å²) in [6.45, 7) is 0. The van der Waals surface area contributed by atoms with Crippen LogP contribution in [-0.4, -0.2) is 9.78 Å². The molecule has 1 heterocycles. The van der Waals surface area contributed by atoms with E-state index in [-0.39, 0.29) is 22.4 Å². The monoisotopic (exact) mass is 251 g/mol. The molecule has 0 spiro atoms. The van der Waals surface area contributed by atoms with E-state index in [2.05, 4.69) is 5.10 Å². The molecule has 0 radical (unpaired) electrons. The summed E-state index contributed by atoms with van der Waals surface area (Å²) in [7, 11) is 1.50. The van der Waals surface area contributed by atoms with Gasteiger partial charge in [0.1, 0.15) is 11.5 Å². The third kappa shape index (κ3) is 2.07. The van der Waals surface area contributed by atoms with Gasteiger partial charge in [-0.15, -0.1) is 0 Å². The number of halogens is 3. The summed E-state index contributed by atoms with van der Waals surface area (Å²) in [4.78, 5) is 0. The van der Waals surface area contributed by atoms with Crippen LogP contribution in [0.25, 0.3) is 11.3 Å². The first kappa shape index (κ1) is 12.2. The molecule has 0 atom stereocenters. The molecule has 0 saturated carbocycles. The van der Waals surface area contributed by atoms with Crippen LogP contribution < -0.4 is 0 Å². The molecular formula is C12H8F3N3. The highest BCUT2D eigenvalue weighted by Crippen LogP contribution is 2.31. The van der Waals surface area contributed by atoms with E-state index in [0.29, 0.717) is 0 Å². The van der Waals surface area contributed by atoms with E-state index in [1.54, 1.807) is 6.07 Å². The predicted octanol–water partition coefficient (Wildman–Crippen LogP) is 3.04. The Morgan fingerprint density at radius 2 is 2.11 bits per heavy atom. The zero-order chi connectivity index (χ0) is 13.3. The van der Waals surface area contributed by atoms with E-state index in [9.17, 15) is 13.2 Å². The van der Waals surface area contributed by atoms with Gasteiger partial charge in [0.2, 0.25) is 0 Å². The molecule has 0 bridgehead atoms. The lowest BCUT2D eigenvalue weighted by atomic mass is 10.0. The van der Waals surface area contributed by atoms with Gasteiger partial charge in [-0.25, -0.2) is 13.2 Å². The Morgan fingerprint density at radius 3 is 2.72 bits per heavy atom. The first-order chi connectivity index (χ1) is 8.52. The summed E-state index contributed by atoms with van der Waals surface area (Å²) < 4.78 is 39.9. The third-order valence-electron chi connectivity index (χ3n) is 2.45. The quantitative estimate of drug-likeness (QED) is 0.823. The van der Waals surface area contributed by atoms with Gasteiger partial charge in [0, 0.05) is 18.8 Å². The van der Waals surface area contributed by atoms with Crippen LogP contribution in [0, 0.1) is 17.1 Å². The molecule has 0 unspecified atom stereocenters. The molecule has 1 aromatic carbocycles. The van der Waals surface area contributed by atoms with E-state index in [4.69, 9.17) is 5.26 Å². The van der Waals surface area contributed by atoms with Crippen molar-refractivity contribution >= 4 is 0 Å². The van der Waals surface area contributed by atoms with Gasteiger partial charge in [-0.2, -0.15) is 10.4 Å². The summed E-state index contributed by atoms with van der Waals surface area (Å²) in [5.74, 6) is -0.593. The van der Waals surface area contributed by atoms with Crippen LogP contribution in [0.5, 0.6) is 0 Å². The van der Waals surface area contributed by atoms with Crippen LogP contribution in [0.4, 0.5) is 13.2 Å². The number of alkyl halides is 2. The summed E-state index contributed by atoms with van der Waals surface area (Å²) >= 11 is 0. The van der Waals surface area contributed by atoms with Crippen LogP contribution in [0.2, 0.25) is 0 Å². The maximum atomic E-state index is 13.0. The van der Waals surface area contributed by atoms with Crippen molar-refractivity contribution in [1.29, 1.82) is 5.26 Å². The fraction of sp³-hybridized carbons (Fsp3) is 0.167. The molecule has 6 heteroatoms. The molecule has 0 aliphatic carbocycles. The topological polar surface area (TPSA) is 41.6 Å². The standard InChI is InChI=1S/C12H8F3N3/c1-18-6-10(12(14)15)11(17-18)9-3-2-8(13)4-7(9)5-16/h2-4,6,12H,1H3. The van der Waals surface area contributed by atoms with E-state index < -0.39 is 12.2 Å². The maximum absolute atomic E-state index is 13.0. The number of rotatable bonds is 2. The number of hydrogen-bond acceptors (Lipinski definition) is 2. The van der Waals surface area contributed by atoms with E-state index >= 15 is 0 Å². The van der Waals surface area contributed by atoms with Crippen molar-refractivity contribution < 1.29 is 13.2 Å². The average Bonchev–Trinajstić information content (AvgIpc) is 2.71. The van der Waals surface area contributed by atoms with E-state index in [1.165, 1.54) is 24.0 Å². The molecule has 0 aliphatic rings. The third-order valence-corrected chi connectivity index (χ3v) is 2.45. The number of hydrogen-bond donors (Lipinski definition) is 0. The molecular weight excluding hydrogens is 243 g/mol. The highest BCUT2D eigenvalue weighted by molar-refractivity contribution is 5.70. The van der Waals surface area contributed by atoms with Gasteiger partial charge in [0.15, 0.2) is 0 Å². The number of nitrogens with zero attached hydrogens (tertiary/aromatic N) is 3. The first-order valence-corrected chi connectivity index (χ1v) is 5.04. The number of benzene rings is 1. The highest BCUT2D eigenvalue weighted by atomic mass is 19.3. The Hall–Kier alpha value is -2.29. The fourth-order valence-electron chi connectivity index (χ4n) is 1.69. The number of nitriles is 1. The van der Waals surface area contributed by atoms with Crippen molar-refractivity contribution in [2.24, 2.45) is 7.05 Å². The molecule has 3 nitrogen and oxygen atoms in total. The Kier molecular flexibility index (Phi) is 3.06. The smallest absolute Gasteiger partial charge is 0.267 e. The summed E-state index contributed by atoms with van der Waals surface area (Å²) in [5.41, 5.74) is -0.0879. The van der Waals surface area contributed by atoms with Gasteiger partial charge in [-0.1, -0.05) is 0 Å². The van der Waals surface area contributed by atoms with Crippen LogP contribution in [0.15, 0.2) is 24.4 Å². The summed E-state index contributed by atoms with van der Waals surface area (Å²) in [6.07, 6.45) is -1.52. The van der Waals surface area contributed by atoms with Crippen LogP contribution in [0.3, 0.4) is 0 Å². The second-order valence-electron chi connectivity index (χ2n) is 3.71. The van der Waals surface area contributed by atoms with Crippen molar-refractivity contribution in [3.8, 4) is 17.3 Å². The lowest BCUT2D eigenvalue weighted by Gasteiger charge is -2.03. The van der Waals surface area contributed by atoms with Crippen LogP contribution >= 0.6 is 0 Å². The first-order valence-electron chi connectivity index (χ1n) is 5.04. The van der Waals surface area contributed by atoms with Gasteiger partial charge in [-0.3, -0.25) is 4.68 Å². The minimum atomic E-state index is -2.70. The molecule has 92 valence electrons. The van der Waals surface area contributed by atoms with Crippen molar-refractivity contribution in [1.82, 2.24) is 9.78 Å². The average molecular weight is 251 g/mol. The lowest BCUT2D eigenvalue weighted by Crippen LogP contribution is -1.92. The normalized spacial score (nSPS) is 10.7. The molecule has 0 N–H and O–H groups in total. The summed E-state index contributed by atoms with van der Waals surface area (Å²) in [6, 6.07) is 5.17. The molecule has 0 saturated heterocycles. The van der Waals surface area contributed by atoms with Gasteiger partial charge in [-0.05, 0) is 18.2 Å². The summed E-state index contributed by atoms with van der Waals surface area (Å²) in [5, 5.41) is 12.8. The van der Waals surface area contributed by atoms with Crippen LogP contribution in [-0.2, 0) is 7.05 Å². The second-order valence-corrected chi connectivity index (χ2v) is 3.71. The van der Waals surface area contributed by atoms with Gasteiger partial charge < -0.3 is 0 Å². The minimum Gasteiger partial charge on any atom is -0.275 e. The highest BCUT2D eigenvalue weighted by Gasteiger charge is 2.20. The van der Waals surface area contributed by atoms with Crippen molar-refractivity contribution in [2.75, 3.05) is 0 Å². The Labute approximate surface area is 101 Å². The maximum Gasteiger partial charge on any atom is 0.267 e. The van der Waals surface area contributed by atoms with Crippen molar-refractivity contribution in [3.05, 3.63) is 41.3 Å². The molecule has 1 aromatic heterocycles. The molecule has 18 heavy (non-hydrogen) atoms. The Morgan fingerprint density at radius 1 is 1.39 bits per heavy atom. The fourth-order valence-corrected chi connectivity index (χ4v) is 1.69. The predicted molar refractivity (Wildman–Crippen MR) is 58.3 cm³/mol.